The largest absolute Gasteiger partial charge is 0.264 e. The third-order valence-electron chi connectivity index (χ3n) is 3.21. The summed E-state index contributed by atoms with van der Waals surface area (Å²) >= 11 is 0. The maximum Gasteiger partial charge on any atom is 0.263 e. The number of nitriles is 1. The second kappa shape index (κ2) is 6.20. The summed E-state index contributed by atoms with van der Waals surface area (Å²) in [5.74, 6) is 0.369. The molecule has 1 N–H and O–H groups in total. The molecule has 2 rings (SSSR count). The lowest BCUT2D eigenvalue weighted by Gasteiger charge is -2.12. The van der Waals surface area contributed by atoms with Crippen molar-refractivity contribution in [3.05, 3.63) is 41.1 Å². The highest BCUT2D eigenvalue weighted by Gasteiger charge is 2.19. The second-order valence-electron chi connectivity index (χ2n) is 5.18. The Morgan fingerprint density at radius 1 is 1.27 bits per heavy atom. The molecule has 1 aromatic heterocycles. The molecule has 0 radical (unpaired) electrons. The summed E-state index contributed by atoms with van der Waals surface area (Å²) in [6.45, 7) is 5.72. The monoisotopic (exact) mass is 318 g/mol. The molecule has 0 atom stereocenters. The highest BCUT2D eigenvalue weighted by molar-refractivity contribution is 7.92. The quantitative estimate of drug-likeness (QED) is 0.917. The van der Waals surface area contributed by atoms with Gasteiger partial charge >= 0.3 is 0 Å². The summed E-state index contributed by atoms with van der Waals surface area (Å²) in [4.78, 5) is 0.248. The molecule has 0 saturated carbocycles. The lowest BCUT2D eigenvalue weighted by Crippen LogP contribution is -2.17. The molecule has 1 heterocycles. The maximum atomic E-state index is 12.6. The Kier molecular flexibility index (Phi) is 4.52. The Bertz CT molecular complexity index is 832. The van der Waals surface area contributed by atoms with E-state index in [9.17, 15) is 8.42 Å². The first-order chi connectivity index (χ1) is 10.3. The van der Waals surface area contributed by atoms with E-state index in [1.54, 1.807) is 32.0 Å². The van der Waals surface area contributed by atoms with Crippen LogP contribution in [0, 0.1) is 32.1 Å². The molecular formula is C15H18N4O2S. The van der Waals surface area contributed by atoms with Gasteiger partial charge in [0.05, 0.1) is 29.6 Å². The van der Waals surface area contributed by atoms with Crippen LogP contribution in [0.3, 0.4) is 0 Å². The van der Waals surface area contributed by atoms with Crippen LogP contribution in [-0.2, 0) is 16.6 Å². The van der Waals surface area contributed by atoms with E-state index in [2.05, 4.69) is 9.82 Å². The van der Waals surface area contributed by atoms with E-state index in [0.717, 1.165) is 5.56 Å². The van der Waals surface area contributed by atoms with Crippen LogP contribution in [0.5, 0.6) is 0 Å². The molecule has 116 valence electrons. The molecule has 2 aromatic rings. The van der Waals surface area contributed by atoms with Crippen LogP contribution in [-0.4, -0.2) is 18.2 Å². The van der Waals surface area contributed by atoms with Crippen molar-refractivity contribution >= 4 is 15.8 Å². The van der Waals surface area contributed by atoms with Gasteiger partial charge in [-0.1, -0.05) is 12.1 Å². The van der Waals surface area contributed by atoms with Gasteiger partial charge in [-0.2, -0.15) is 10.4 Å². The molecular weight excluding hydrogens is 300 g/mol. The lowest BCUT2D eigenvalue weighted by molar-refractivity contribution is 0.596. The second-order valence-corrected chi connectivity index (χ2v) is 6.83. The van der Waals surface area contributed by atoms with Crippen molar-refractivity contribution in [3.63, 3.8) is 0 Å². The smallest absolute Gasteiger partial charge is 0.263 e. The predicted octanol–water partition coefficient (Wildman–Crippen LogP) is 2.52. The number of hydrogen-bond acceptors (Lipinski definition) is 4. The van der Waals surface area contributed by atoms with Gasteiger partial charge in [-0.05, 0) is 38.0 Å². The van der Waals surface area contributed by atoms with Gasteiger partial charge in [-0.25, -0.2) is 13.1 Å². The van der Waals surface area contributed by atoms with Gasteiger partial charge < -0.3 is 0 Å². The lowest BCUT2D eigenvalue weighted by atomic mass is 10.2. The molecule has 0 spiro atoms. The van der Waals surface area contributed by atoms with E-state index in [4.69, 9.17) is 5.26 Å². The molecule has 1 aromatic carbocycles. The summed E-state index contributed by atoms with van der Waals surface area (Å²) in [6, 6.07) is 8.97. The molecule has 0 aliphatic heterocycles. The minimum absolute atomic E-state index is 0.248. The summed E-state index contributed by atoms with van der Waals surface area (Å²) in [5.41, 5.74) is 2.25. The molecule has 22 heavy (non-hydrogen) atoms. The molecule has 0 aliphatic carbocycles. The van der Waals surface area contributed by atoms with Crippen molar-refractivity contribution < 1.29 is 8.42 Å². The summed E-state index contributed by atoms with van der Waals surface area (Å²) in [5, 5.41) is 12.9. The Labute approximate surface area is 130 Å². The minimum Gasteiger partial charge on any atom is -0.264 e. The van der Waals surface area contributed by atoms with Crippen LogP contribution < -0.4 is 4.72 Å². The van der Waals surface area contributed by atoms with Crippen molar-refractivity contribution in [2.24, 2.45) is 0 Å². The number of hydrogen-bond donors (Lipinski definition) is 1. The van der Waals surface area contributed by atoms with E-state index < -0.39 is 10.0 Å². The van der Waals surface area contributed by atoms with Gasteiger partial charge in [0.1, 0.15) is 5.82 Å². The first kappa shape index (κ1) is 16.0. The van der Waals surface area contributed by atoms with Gasteiger partial charge in [0, 0.05) is 6.07 Å². The third-order valence-corrected chi connectivity index (χ3v) is 4.71. The van der Waals surface area contributed by atoms with E-state index >= 15 is 0 Å². The fourth-order valence-corrected chi connectivity index (χ4v) is 3.53. The van der Waals surface area contributed by atoms with Crippen LogP contribution in [0.15, 0.2) is 29.2 Å². The maximum absolute atomic E-state index is 12.6. The van der Waals surface area contributed by atoms with E-state index in [0.29, 0.717) is 23.6 Å². The zero-order valence-electron chi connectivity index (χ0n) is 12.8. The molecule has 6 nitrogen and oxygen atoms in total. The molecule has 0 aliphatic rings. The zero-order valence-corrected chi connectivity index (χ0v) is 13.6. The predicted molar refractivity (Wildman–Crippen MR) is 83.9 cm³/mol. The molecule has 7 heteroatoms. The van der Waals surface area contributed by atoms with Crippen LogP contribution in [0.2, 0.25) is 0 Å². The fourth-order valence-electron chi connectivity index (χ4n) is 2.14. The SMILES string of the molecule is Cc1ccc(C)c(S(=O)(=O)Nc2cc(C)nn2CCC#N)c1. The minimum atomic E-state index is -3.69. The number of nitrogens with one attached hydrogen (secondary N) is 1. The number of aryl methyl sites for hydroxylation is 4. The zero-order chi connectivity index (χ0) is 16.3. The number of benzene rings is 1. The number of aromatic nitrogens is 2. The van der Waals surface area contributed by atoms with E-state index in [-0.39, 0.29) is 11.3 Å². The van der Waals surface area contributed by atoms with Crippen molar-refractivity contribution in [2.45, 2.75) is 38.6 Å². The van der Waals surface area contributed by atoms with Crippen LogP contribution in [0.25, 0.3) is 0 Å². The van der Waals surface area contributed by atoms with Crippen LogP contribution in [0.1, 0.15) is 23.2 Å². The van der Waals surface area contributed by atoms with Gasteiger partial charge in [0.15, 0.2) is 0 Å². The van der Waals surface area contributed by atoms with E-state index in [1.165, 1.54) is 4.68 Å². The summed E-state index contributed by atoms with van der Waals surface area (Å²) in [6.07, 6.45) is 0.263. The Morgan fingerprint density at radius 2 is 2.00 bits per heavy atom. The molecule has 0 fully saturated rings. The fraction of sp³-hybridized carbons (Fsp3) is 0.333. The van der Waals surface area contributed by atoms with Crippen LogP contribution in [0.4, 0.5) is 5.82 Å². The topological polar surface area (TPSA) is 87.8 Å². The first-order valence-electron chi connectivity index (χ1n) is 6.85. The number of rotatable bonds is 5. The molecule has 0 bridgehead atoms. The average molecular weight is 318 g/mol. The third kappa shape index (κ3) is 3.46. The van der Waals surface area contributed by atoms with Gasteiger partial charge in [0.2, 0.25) is 0 Å². The Balaban J connectivity index is 2.37. The number of anilines is 1. The normalized spacial score (nSPS) is 11.2. The summed E-state index contributed by atoms with van der Waals surface area (Å²) in [7, 11) is -3.69. The average Bonchev–Trinajstić information content (AvgIpc) is 2.78. The molecule has 0 saturated heterocycles. The molecule has 0 unspecified atom stereocenters. The van der Waals surface area contributed by atoms with Crippen molar-refractivity contribution in [1.82, 2.24) is 9.78 Å². The van der Waals surface area contributed by atoms with Crippen molar-refractivity contribution in [2.75, 3.05) is 4.72 Å². The number of sulfonamides is 1. The van der Waals surface area contributed by atoms with Crippen LogP contribution >= 0.6 is 0 Å². The van der Waals surface area contributed by atoms with Crippen molar-refractivity contribution in [3.8, 4) is 6.07 Å². The Hall–Kier alpha value is -2.33. The van der Waals surface area contributed by atoms with Gasteiger partial charge in [-0.15, -0.1) is 0 Å². The number of nitrogens with zero attached hydrogens (tertiary/aromatic N) is 3. The standard InChI is InChI=1S/C15H18N4O2S/c1-11-5-6-12(2)14(9-11)22(20,21)18-15-10-13(3)17-19(15)8-4-7-16/h5-6,9-10,18H,4,8H2,1-3H3. The van der Waals surface area contributed by atoms with Gasteiger partial charge in [0.25, 0.3) is 10.0 Å². The Morgan fingerprint density at radius 3 is 2.68 bits per heavy atom. The summed E-state index contributed by atoms with van der Waals surface area (Å²) < 4.78 is 29.3. The van der Waals surface area contributed by atoms with E-state index in [1.807, 2.05) is 19.1 Å². The van der Waals surface area contributed by atoms with Gasteiger partial charge in [-0.3, -0.25) is 4.72 Å². The highest BCUT2D eigenvalue weighted by atomic mass is 32.2. The first-order valence-corrected chi connectivity index (χ1v) is 8.33. The van der Waals surface area contributed by atoms with Crippen molar-refractivity contribution in [1.29, 1.82) is 5.26 Å². The highest BCUT2D eigenvalue weighted by Crippen LogP contribution is 2.21. The molecule has 0 amide bonds.